The number of phenols is 1. The first-order valence-corrected chi connectivity index (χ1v) is 12.1. The molecule has 39 heavy (non-hydrogen) atoms. The van der Waals surface area contributed by atoms with Crippen LogP contribution in [-0.2, 0) is 0 Å². The number of aromatic hydroxyl groups is 1. The van der Waals surface area contributed by atoms with Crippen LogP contribution >= 0.6 is 0 Å². The largest absolute Gasteiger partial charge is 0.505 e. The second-order valence-corrected chi connectivity index (χ2v) is 8.28. The van der Waals surface area contributed by atoms with Crippen LogP contribution in [0.2, 0.25) is 0 Å². The first-order chi connectivity index (χ1) is 18.8. The third kappa shape index (κ3) is 5.99. The number of azo groups is 1. The third-order valence-electron chi connectivity index (χ3n) is 5.69. The van der Waals surface area contributed by atoms with Crippen LogP contribution in [0.25, 0.3) is 10.8 Å². The van der Waals surface area contributed by atoms with Crippen molar-refractivity contribution in [3.63, 3.8) is 0 Å². The highest BCUT2D eigenvalue weighted by Gasteiger charge is 2.19. The highest BCUT2D eigenvalue weighted by molar-refractivity contribution is 6.11. The second-order valence-electron chi connectivity index (χ2n) is 8.28. The third-order valence-corrected chi connectivity index (χ3v) is 5.69. The number of nitro benzene ring substituents is 1. The normalized spacial score (nSPS) is 10.9. The van der Waals surface area contributed by atoms with Crippen molar-refractivity contribution in [1.29, 1.82) is 0 Å². The van der Waals surface area contributed by atoms with Crippen molar-refractivity contribution in [2.75, 3.05) is 18.5 Å². The number of anilines is 1. The Morgan fingerprint density at radius 2 is 1.72 bits per heavy atom. The Kier molecular flexibility index (Phi) is 8.10. The summed E-state index contributed by atoms with van der Waals surface area (Å²) in [5.74, 6) is -0.938. The van der Waals surface area contributed by atoms with E-state index in [1.54, 1.807) is 36.4 Å². The van der Waals surface area contributed by atoms with Gasteiger partial charge in [0.15, 0.2) is 5.75 Å². The molecule has 11 nitrogen and oxygen atoms in total. The Morgan fingerprint density at radius 3 is 2.41 bits per heavy atom. The van der Waals surface area contributed by atoms with Crippen LogP contribution in [-0.4, -0.2) is 35.0 Å². The summed E-state index contributed by atoms with van der Waals surface area (Å²) in [6.45, 7) is 4.43. The van der Waals surface area contributed by atoms with E-state index in [9.17, 15) is 24.8 Å². The summed E-state index contributed by atoms with van der Waals surface area (Å²) in [6, 6.07) is 18.6. The van der Waals surface area contributed by atoms with E-state index < -0.39 is 16.6 Å². The number of hydrogen-bond acceptors (Lipinski definition) is 8. The number of amides is 2. The fourth-order valence-electron chi connectivity index (χ4n) is 3.84. The summed E-state index contributed by atoms with van der Waals surface area (Å²) in [4.78, 5) is 35.8. The van der Waals surface area contributed by atoms with Crippen LogP contribution in [0.15, 0.2) is 83.0 Å². The van der Waals surface area contributed by atoms with Gasteiger partial charge in [0.1, 0.15) is 17.1 Å². The number of carbonyl (C=O) groups excluding carboxylic acids is 2. The number of fused-ring (bicyclic) bond motifs is 1. The summed E-state index contributed by atoms with van der Waals surface area (Å²) in [5, 5.41) is 37.1. The van der Waals surface area contributed by atoms with Gasteiger partial charge >= 0.3 is 0 Å². The lowest BCUT2D eigenvalue weighted by Crippen LogP contribution is -2.22. The molecule has 11 heteroatoms. The monoisotopic (exact) mass is 527 g/mol. The molecule has 0 saturated heterocycles. The highest BCUT2D eigenvalue weighted by Crippen LogP contribution is 2.40. The summed E-state index contributed by atoms with van der Waals surface area (Å²) in [6.07, 6.45) is 0. The van der Waals surface area contributed by atoms with Crippen LogP contribution in [0.5, 0.6) is 11.5 Å². The highest BCUT2D eigenvalue weighted by atomic mass is 16.6. The minimum atomic E-state index is -0.642. The van der Waals surface area contributed by atoms with Gasteiger partial charge in [-0.2, -0.15) is 0 Å². The molecule has 4 rings (SSSR count). The number of hydrogen-bond donors (Lipinski definition) is 3. The SMILES string of the molecule is CCNC(=O)c1ccc(OCC)c(N=Nc2c(O)c(C(=O)Nc3ccc([N+](=O)[O-])cc3)cc3ccccc23)c1. The van der Waals surface area contributed by atoms with Gasteiger partial charge < -0.3 is 20.5 Å². The van der Waals surface area contributed by atoms with Crippen molar-refractivity contribution >= 4 is 45.3 Å². The number of non-ortho nitro benzene ring substituents is 1. The number of phenolic OH excluding ortho intramolecular Hbond substituents is 1. The molecule has 0 unspecified atom stereocenters. The maximum absolute atomic E-state index is 13.1. The molecule has 2 amide bonds. The smallest absolute Gasteiger partial charge is 0.269 e. The molecule has 198 valence electrons. The van der Waals surface area contributed by atoms with Gasteiger partial charge in [0, 0.05) is 35.3 Å². The van der Waals surface area contributed by atoms with Crippen LogP contribution in [0.1, 0.15) is 34.6 Å². The zero-order valence-corrected chi connectivity index (χ0v) is 21.2. The van der Waals surface area contributed by atoms with E-state index in [-0.39, 0.29) is 28.5 Å². The predicted octanol–water partition coefficient (Wildman–Crippen LogP) is 6.27. The van der Waals surface area contributed by atoms with Crippen molar-refractivity contribution in [3.05, 3.63) is 94.0 Å². The number of nitrogens with zero attached hydrogens (tertiary/aromatic N) is 3. The molecule has 0 heterocycles. The maximum Gasteiger partial charge on any atom is 0.269 e. The van der Waals surface area contributed by atoms with Crippen molar-refractivity contribution in [1.82, 2.24) is 5.32 Å². The summed E-state index contributed by atoms with van der Waals surface area (Å²) >= 11 is 0. The molecule has 0 spiro atoms. The number of nitrogens with one attached hydrogen (secondary N) is 2. The van der Waals surface area contributed by atoms with E-state index >= 15 is 0 Å². The molecule has 0 radical (unpaired) electrons. The molecule has 0 bridgehead atoms. The van der Waals surface area contributed by atoms with Gasteiger partial charge in [0.05, 0.1) is 17.1 Å². The van der Waals surface area contributed by atoms with Crippen LogP contribution in [0.4, 0.5) is 22.7 Å². The lowest BCUT2D eigenvalue weighted by molar-refractivity contribution is -0.384. The summed E-state index contributed by atoms with van der Waals surface area (Å²) in [7, 11) is 0. The molecule has 4 aromatic carbocycles. The number of carbonyl (C=O) groups is 2. The van der Waals surface area contributed by atoms with Gasteiger partial charge in [-0.15, -0.1) is 10.2 Å². The van der Waals surface area contributed by atoms with E-state index in [1.165, 1.54) is 36.4 Å². The van der Waals surface area contributed by atoms with E-state index in [0.29, 0.717) is 40.9 Å². The molecule has 3 N–H and O–H groups in total. The molecule has 0 atom stereocenters. The lowest BCUT2D eigenvalue weighted by atomic mass is 10.0. The number of rotatable bonds is 9. The quantitative estimate of drug-likeness (QED) is 0.132. The topological polar surface area (TPSA) is 156 Å². The Labute approximate surface area is 223 Å². The number of ether oxygens (including phenoxy) is 1. The van der Waals surface area contributed by atoms with Crippen molar-refractivity contribution < 1.29 is 24.4 Å². The average Bonchev–Trinajstić information content (AvgIpc) is 2.93. The summed E-state index contributed by atoms with van der Waals surface area (Å²) in [5.41, 5.74) is 0.802. The zero-order chi connectivity index (χ0) is 27.9. The Hall–Kier alpha value is -5.32. The van der Waals surface area contributed by atoms with E-state index in [4.69, 9.17) is 4.74 Å². The lowest BCUT2D eigenvalue weighted by Gasteiger charge is -2.12. The number of nitro groups is 1. The Balaban J connectivity index is 1.75. The summed E-state index contributed by atoms with van der Waals surface area (Å²) < 4.78 is 5.64. The maximum atomic E-state index is 13.1. The fraction of sp³-hybridized carbons (Fsp3) is 0.143. The predicted molar refractivity (Wildman–Crippen MR) is 146 cm³/mol. The van der Waals surface area contributed by atoms with Gasteiger partial charge in [-0.1, -0.05) is 24.3 Å². The van der Waals surface area contributed by atoms with Crippen molar-refractivity contribution in [2.45, 2.75) is 13.8 Å². The van der Waals surface area contributed by atoms with Gasteiger partial charge in [-0.25, -0.2) is 0 Å². The zero-order valence-electron chi connectivity index (χ0n) is 21.2. The van der Waals surface area contributed by atoms with Crippen LogP contribution < -0.4 is 15.4 Å². The van der Waals surface area contributed by atoms with Gasteiger partial charge in [-0.05, 0) is 55.6 Å². The fourth-order valence-corrected chi connectivity index (χ4v) is 3.84. The second kappa shape index (κ2) is 11.8. The minimum Gasteiger partial charge on any atom is -0.505 e. The van der Waals surface area contributed by atoms with Gasteiger partial charge in [-0.3, -0.25) is 19.7 Å². The molecular weight excluding hydrogens is 502 g/mol. The molecule has 4 aromatic rings. The van der Waals surface area contributed by atoms with Crippen molar-refractivity contribution in [2.24, 2.45) is 10.2 Å². The van der Waals surface area contributed by atoms with Crippen LogP contribution in [0.3, 0.4) is 0 Å². The standard InChI is InChI=1S/C28H25N5O6/c1-3-29-27(35)18-9-14-24(39-4-2)23(16-18)31-32-25-21-8-6-5-7-17(21)15-22(26(25)34)28(36)30-19-10-12-20(13-11-19)33(37)38/h5-16,34H,3-4H2,1-2H3,(H,29,35)(H,30,36). The van der Waals surface area contributed by atoms with Gasteiger partial charge in [0.25, 0.3) is 17.5 Å². The molecule has 0 aliphatic rings. The van der Waals surface area contributed by atoms with E-state index in [1.807, 2.05) is 13.8 Å². The first kappa shape index (κ1) is 26.7. The van der Waals surface area contributed by atoms with Crippen molar-refractivity contribution in [3.8, 4) is 11.5 Å². The van der Waals surface area contributed by atoms with E-state index in [0.717, 1.165) is 0 Å². The minimum absolute atomic E-state index is 0.0489. The molecular formula is C28H25N5O6. The molecule has 0 saturated carbocycles. The molecule has 0 aromatic heterocycles. The average molecular weight is 528 g/mol. The molecule has 0 fully saturated rings. The molecule has 0 aliphatic heterocycles. The van der Waals surface area contributed by atoms with Gasteiger partial charge in [0.2, 0.25) is 0 Å². The molecule has 0 aliphatic carbocycles. The Morgan fingerprint density at radius 1 is 0.974 bits per heavy atom. The van der Waals surface area contributed by atoms with Crippen LogP contribution in [0, 0.1) is 10.1 Å². The Bertz CT molecular complexity index is 1580. The van der Waals surface area contributed by atoms with E-state index in [2.05, 4.69) is 20.9 Å². The number of benzene rings is 4. The first-order valence-electron chi connectivity index (χ1n) is 12.1.